The summed E-state index contributed by atoms with van der Waals surface area (Å²) in [6.45, 7) is 1.98. The fourth-order valence-electron chi connectivity index (χ4n) is 1.74. The zero-order valence-corrected chi connectivity index (χ0v) is 13.2. The summed E-state index contributed by atoms with van der Waals surface area (Å²) in [5.41, 5.74) is 13.4. The molecular weight excluding hydrogens is 294 g/mol. The van der Waals surface area contributed by atoms with Crippen molar-refractivity contribution >= 4 is 18.0 Å². The van der Waals surface area contributed by atoms with Crippen LogP contribution in [0.15, 0.2) is 23.0 Å². The highest BCUT2D eigenvalue weighted by Crippen LogP contribution is 2.26. The minimum atomic E-state index is -0.806. The lowest BCUT2D eigenvalue weighted by Crippen LogP contribution is -2.31. The predicted molar refractivity (Wildman–Crippen MR) is 89.8 cm³/mol. The van der Waals surface area contributed by atoms with Gasteiger partial charge in [-0.05, 0) is 31.8 Å². The first-order valence-corrected chi connectivity index (χ1v) is 7.44. The second kappa shape index (κ2) is 9.43. The van der Waals surface area contributed by atoms with Crippen LogP contribution in [0, 0.1) is 22.7 Å². The van der Waals surface area contributed by atoms with Crippen molar-refractivity contribution in [2.75, 3.05) is 6.61 Å². The Hall–Kier alpha value is -2.59. The molecule has 7 nitrogen and oxygen atoms in total. The molecule has 0 aromatic heterocycles. The normalized spacial score (nSPS) is 14.7. The van der Waals surface area contributed by atoms with Gasteiger partial charge in [0.25, 0.3) is 0 Å². The molecule has 124 valence electrons. The number of carbonyl (C=O) groups is 1. The summed E-state index contributed by atoms with van der Waals surface area (Å²) < 4.78 is 4.78. The Morgan fingerprint density at radius 3 is 2.74 bits per heavy atom. The molecule has 0 bridgehead atoms. The number of rotatable bonds is 6. The van der Waals surface area contributed by atoms with Crippen LogP contribution in [0.3, 0.4) is 0 Å². The third kappa shape index (κ3) is 5.96. The first kappa shape index (κ1) is 18.5. The fourth-order valence-corrected chi connectivity index (χ4v) is 1.74. The second-order valence-electron chi connectivity index (χ2n) is 5.00. The Labute approximate surface area is 136 Å². The molecule has 0 spiro atoms. The summed E-state index contributed by atoms with van der Waals surface area (Å²) in [7, 11) is 0. The smallest absolute Gasteiger partial charge is 0.323 e. The van der Waals surface area contributed by atoms with Crippen LogP contribution in [0.1, 0.15) is 32.6 Å². The maximum atomic E-state index is 11.3. The number of amidine groups is 1. The number of carbonyl (C=O) groups excluding carboxylic acids is 1. The quantitative estimate of drug-likeness (QED) is 0.213. The summed E-state index contributed by atoms with van der Waals surface area (Å²) in [6.07, 6.45) is 5.59. The third-order valence-electron chi connectivity index (χ3n) is 3.28. The van der Waals surface area contributed by atoms with Crippen LogP contribution in [0.4, 0.5) is 0 Å². The monoisotopic (exact) mass is 317 g/mol. The number of hydrogen-bond donors (Lipinski definition) is 5. The minimum absolute atomic E-state index is 0.101. The summed E-state index contributed by atoms with van der Waals surface area (Å²) in [6, 6.07) is -0.806. The van der Waals surface area contributed by atoms with E-state index in [0.717, 1.165) is 31.1 Å². The van der Waals surface area contributed by atoms with Crippen molar-refractivity contribution in [3.05, 3.63) is 23.0 Å². The van der Waals surface area contributed by atoms with E-state index in [1.54, 1.807) is 6.92 Å². The highest BCUT2D eigenvalue weighted by molar-refractivity contribution is 5.97. The zero-order valence-electron chi connectivity index (χ0n) is 13.2. The van der Waals surface area contributed by atoms with E-state index in [-0.39, 0.29) is 18.9 Å². The van der Waals surface area contributed by atoms with Gasteiger partial charge < -0.3 is 26.9 Å². The maximum absolute atomic E-state index is 11.3. The number of esters is 1. The van der Waals surface area contributed by atoms with Gasteiger partial charge in [-0.1, -0.05) is 11.8 Å². The van der Waals surface area contributed by atoms with Gasteiger partial charge in [-0.25, -0.2) is 0 Å². The van der Waals surface area contributed by atoms with Gasteiger partial charge in [-0.2, -0.15) is 0 Å². The van der Waals surface area contributed by atoms with Crippen LogP contribution in [-0.4, -0.2) is 30.7 Å². The van der Waals surface area contributed by atoms with Crippen LogP contribution in [0.25, 0.3) is 0 Å². The van der Waals surface area contributed by atoms with Crippen molar-refractivity contribution in [3.63, 3.8) is 0 Å². The molecule has 0 aromatic rings. The molecule has 1 aliphatic rings. The molecule has 7 heteroatoms. The largest absolute Gasteiger partial charge is 0.465 e. The van der Waals surface area contributed by atoms with Crippen molar-refractivity contribution in [1.29, 1.82) is 10.8 Å². The molecule has 1 unspecified atom stereocenters. The first-order chi connectivity index (χ1) is 11.0. The molecule has 0 amide bonds. The van der Waals surface area contributed by atoms with Crippen molar-refractivity contribution in [2.24, 2.45) is 11.5 Å². The van der Waals surface area contributed by atoms with Crippen LogP contribution < -0.4 is 16.8 Å². The van der Waals surface area contributed by atoms with Crippen molar-refractivity contribution in [1.82, 2.24) is 5.32 Å². The van der Waals surface area contributed by atoms with Gasteiger partial charge in [0.05, 0.1) is 17.9 Å². The molecule has 1 rings (SSSR count). The molecule has 0 radical (unpaired) electrons. The lowest BCUT2D eigenvalue weighted by Gasteiger charge is -2.19. The SMILES string of the molecule is CCOC(=O)C(N)CC#C/C(C=N)=C/NC(=N)C(N)=C1CCC1. The van der Waals surface area contributed by atoms with Crippen molar-refractivity contribution in [3.8, 4) is 11.8 Å². The summed E-state index contributed by atoms with van der Waals surface area (Å²) >= 11 is 0. The summed E-state index contributed by atoms with van der Waals surface area (Å²) in [5.74, 6) is 5.04. The van der Waals surface area contributed by atoms with E-state index in [2.05, 4.69) is 17.2 Å². The molecule has 0 saturated heterocycles. The van der Waals surface area contributed by atoms with E-state index in [9.17, 15) is 4.79 Å². The number of allylic oxidation sites excluding steroid dienone is 2. The Morgan fingerprint density at radius 1 is 1.52 bits per heavy atom. The number of hydrogen-bond acceptors (Lipinski definition) is 6. The second-order valence-corrected chi connectivity index (χ2v) is 5.00. The van der Waals surface area contributed by atoms with Gasteiger partial charge in [0.15, 0.2) is 0 Å². The Kier molecular flexibility index (Phi) is 7.57. The van der Waals surface area contributed by atoms with Gasteiger partial charge in [-0.3, -0.25) is 10.2 Å². The van der Waals surface area contributed by atoms with Gasteiger partial charge in [0.2, 0.25) is 0 Å². The molecule has 1 saturated carbocycles. The Morgan fingerprint density at radius 2 is 2.22 bits per heavy atom. The number of nitrogens with one attached hydrogen (secondary N) is 3. The van der Waals surface area contributed by atoms with Crippen LogP contribution in [-0.2, 0) is 9.53 Å². The van der Waals surface area contributed by atoms with Gasteiger partial charge in [0, 0.05) is 18.8 Å². The summed E-state index contributed by atoms with van der Waals surface area (Å²) in [5, 5.41) is 17.9. The lowest BCUT2D eigenvalue weighted by molar-refractivity contribution is -0.144. The molecular formula is C16H23N5O2. The van der Waals surface area contributed by atoms with E-state index >= 15 is 0 Å². The van der Waals surface area contributed by atoms with Crippen LogP contribution in [0.2, 0.25) is 0 Å². The van der Waals surface area contributed by atoms with E-state index in [0.29, 0.717) is 11.3 Å². The highest BCUT2D eigenvalue weighted by Gasteiger charge is 2.15. The molecule has 1 atom stereocenters. The summed E-state index contributed by atoms with van der Waals surface area (Å²) in [4.78, 5) is 11.3. The molecule has 0 heterocycles. The molecule has 1 aliphatic carbocycles. The van der Waals surface area contributed by atoms with E-state index in [4.69, 9.17) is 27.0 Å². The average molecular weight is 317 g/mol. The molecule has 1 fully saturated rings. The number of nitrogens with two attached hydrogens (primary N) is 2. The predicted octanol–water partition coefficient (Wildman–Crippen LogP) is 0.767. The minimum Gasteiger partial charge on any atom is -0.465 e. The Bertz CT molecular complexity index is 589. The third-order valence-corrected chi connectivity index (χ3v) is 3.28. The zero-order chi connectivity index (χ0) is 17.2. The standard InChI is InChI=1S/C16H23N5O2/c1-2-23-16(22)13(18)8-3-5-11(9-17)10-21-15(20)14(19)12-6-4-7-12/h9-10,13,17H,2,4,6-8,18-19H2,1H3,(H2,20,21)/b11-10-,17-9?. The fraction of sp³-hybridized carbons (Fsp3) is 0.438. The van der Waals surface area contributed by atoms with Gasteiger partial charge >= 0.3 is 5.97 Å². The van der Waals surface area contributed by atoms with Gasteiger partial charge in [0.1, 0.15) is 11.9 Å². The number of ether oxygens (including phenoxy) is 1. The van der Waals surface area contributed by atoms with Gasteiger partial charge in [-0.15, -0.1) is 0 Å². The first-order valence-electron chi connectivity index (χ1n) is 7.44. The molecule has 0 aliphatic heterocycles. The average Bonchev–Trinajstić information content (AvgIpc) is 2.48. The Balaban J connectivity index is 2.56. The van der Waals surface area contributed by atoms with Crippen molar-refractivity contribution in [2.45, 2.75) is 38.6 Å². The van der Waals surface area contributed by atoms with E-state index < -0.39 is 12.0 Å². The van der Waals surface area contributed by atoms with Crippen LogP contribution >= 0.6 is 0 Å². The lowest BCUT2D eigenvalue weighted by atomic mass is 9.90. The molecule has 0 aromatic carbocycles. The molecule has 23 heavy (non-hydrogen) atoms. The van der Waals surface area contributed by atoms with E-state index in [1.165, 1.54) is 6.20 Å². The van der Waals surface area contributed by atoms with Crippen LogP contribution in [0.5, 0.6) is 0 Å². The highest BCUT2D eigenvalue weighted by atomic mass is 16.5. The van der Waals surface area contributed by atoms with Crippen molar-refractivity contribution < 1.29 is 9.53 Å². The van der Waals surface area contributed by atoms with E-state index in [1.807, 2.05) is 0 Å². The topological polar surface area (TPSA) is 138 Å². The molecule has 7 N–H and O–H groups in total. The maximum Gasteiger partial charge on any atom is 0.323 e.